The number of hydrazone groups is 1. The van der Waals surface area contributed by atoms with Crippen LogP contribution in [0, 0.1) is 0 Å². The van der Waals surface area contributed by atoms with Crippen molar-refractivity contribution in [1.29, 1.82) is 0 Å². The molecule has 0 saturated carbocycles. The number of carbonyl (C=O) groups is 1. The summed E-state index contributed by atoms with van der Waals surface area (Å²) in [7, 11) is 0. The molecule has 3 aromatic rings. The minimum absolute atomic E-state index is 0.295. The summed E-state index contributed by atoms with van der Waals surface area (Å²) in [5.41, 5.74) is 10.1. The number of rotatable bonds is 3. The SMILES string of the molecule is Nc1nc2ccc(C(=O)N/N=C\c3ccccn3)cc2s1. The van der Waals surface area contributed by atoms with E-state index in [0.717, 1.165) is 10.2 Å². The predicted molar refractivity (Wildman–Crippen MR) is 83.3 cm³/mol. The van der Waals surface area contributed by atoms with Crippen molar-refractivity contribution in [2.75, 3.05) is 5.73 Å². The van der Waals surface area contributed by atoms with Crippen LogP contribution in [0.4, 0.5) is 5.13 Å². The van der Waals surface area contributed by atoms with Crippen molar-refractivity contribution in [3.63, 3.8) is 0 Å². The molecule has 0 spiro atoms. The van der Waals surface area contributed by atoms with E-state index in [1.165, 1.54) is 17.6 Å². The lowest BCUT2D eigenvalue weighted by atomic mass is 10.2. The molecule has 0 saturated heterocycles. The molecule has 0 unspecified atom stereocenters. The van der Waals surface area contributed by atoms with E-state index in [1.54, 1.807) is 30.5 Å². The second-order valence-electron chi connectivity index (χ2n) is 4.19. The second kappa shape index (κ2) is 5.68. The van der Waals surface area contributed by atoms with Crippen LogP contribution in [-0.2, 0) is 0 Å². The Labute approximate surface area is 124 Å². The molecule has 0 aliphatic heterocycles. The van der Waals surface area contributed by atoms with Gasteiger partial charge in [-0.25, -0.2) is 10.4 Å². The minimum Gasteiger partial charge on any atom is -0.375 e. The normalized spacial score (nSPS) is 11.0. The maximum atomic E-state index is 12.0. The summed E-state index contributed by atoms with van der Waals surface area (Å²) in [4.78, 5) is 20.2. The zero-order chi connectivity index (χ0) is 14.7. The molecule has 3 N–H and O–H groups in total. The Morgan fingerprint density at radius 1 is 1.33 bits per heavy atom. The Kier molecular flexibility index (Phi) is 3.57. The highest BCUT2D eigenvalue weighted by Crippen LogP contribution is 2.24. The highest BCUT2D eigenvalue weighted by Gasteiger charge is 2.07. The average Bonchev–Trinajstić information content (AvgIpc) is 2.87. The first-order valence-corrected chi connectivity index (χ1v) is 6.94. The molecule has 2 heterocycles. The van der Waals surface area contributed by atoms with Gasteiger partial charge in [-0.15, -0.1) is 0 Å². The third-order valence-corrected chi connectivity index (χ3v) is 3.57. The number of carbonyl (C=O) groups excluding carboxylic acids is 1. The number of hydrogen-bond donors (Lipinski definition) is 2. The van der Waals surface area contributed by atoms with Gasteiger partial charge in [-0.1, -0.05) is 17.4 Å². The van der Waals surface area contributed by atoms with Gasteiger partial charge in [0.15, 0.2) is 5.13 Å². The molecule has 0 aliphatic carbocycles. The van der Waals surface area contributed by atoms with E-state index in [9.17, 15) is 4.79 Å². The smallest absolute Gasteiger partial charge is 0.271 e. The van der Waals surface area contributed by atoms with Crippen molar-refractivity contribution in [3.05, 3.63) is 53.9 Å². The van der Waals surface area contributed by atoms with Gasteiger partial charge in [-0.05, 0) is 30.3 Å². The molecule has 21 heavy (non-hydrogen) atoms. The third kappa shape index (κ3) is 3.03. The lowest BCUT2D eigenvalue weighted by molar-refractivity contribution is 0.0955. The second-order valence-corrected chi connectivity index (χ2v) is 5.25. The molecule has 1 amide bonds. The van der Waals surface area contributed by atoms with Crippen molar-refractivity contribution >= 4 is 38.8 Å². The van der Waals surface area contributed by atoms with E-state index in [1.807, 2.05) is 12.1 Å². The lowest BCUT2D eigenvalue weighted by Crippen LogP contribution is -2.17. The summed E-state index contributed by atoms with van der Waals surface area (Å²) >= 11 is 1.34. The van der Waals surface area contributed by atoms with Crippen molar-refractivity contribution < 1.29 is 4.79 Å². The summed E-state index contributed by atoms with van der Waals surface area (Å²) in [5.74, 6) is -0.295. The predicted octanol–water partition coefficient (Wildman–Crippen LogP) is 2.04. The zero-order valence-corrected chi connectivity index (χ0v) is 11.7. The monoisotopic (exact) mass is 297 g/mol. The molecular formula is C14H11N5OS. The summed E-state index contributed by atoms with van der Waals surface area (Å²) in [6.07, 6.45) is 3.15. The molecule has 6 nitrogen and oxygen atoms in total. The summed E-state index contributed by atoms with van der Waals surface area (Å²) in [6.45, 7) is 0. The van der Waals surface area contributed by atoms with Gasteiger partial charge in [0, 0.05) is 11.8 Å². The number of nitrogens with one attached hydrogen (secondary N) is 1. The fourth-order valence-corrected chi connectivity index (χ4v) is 2.53. The molecule has 0 fully saturated rings. The largest absolute Gasteiger partial charge is 0.375 e. The fourth-order valence-electron chi connectivity index (χ4n) is 1.76. The van der Waals surface area contributed by atoms with Crippen molar-refractivity contribution in [2.24, 2.45) is 5.10 Å². The maximum absolute atomic E-state index is 12.0. The Morgan fingerprint density at radius 3 is 3.05 bits per heavy atom. The van der Waals surface area contributed by atoms with Gasteiger partial charge in [-0.3, -0.25) is 9.78 Å². The summed E-state index contributed by atoms with van der Waals surface area (Å²) < 4.78 is 0.869. The van der Waals surface area contributed by atoms with Gasteiger partial charge in [0.05, 0.1) is 22.1 Å². The van der Waals surface area contributed by atoms with Crippen LogP contribution in [0.2, 0.25) is 0 Å². The van der Waals surface area contributed by atoms with Crippen LogP contribution in [0.5, 0.6) is 0 Å². The molecule has 2 aromatic heterocycles. The first-order chi connectivity index (χ1) is 10.2. The molecule has 0 aliphatic rings. The number of anilines is 1. The Bertz CT molecular complexity index is 813. The number of benzene rings is 1. The van der Waals surface area contributed by atoms with Crippen LogP contribution in [0.1, 0.15) is 16.1 Å². The Balaban J connectivity index is 1.73. The van der Waals surface area contributed by atoms with E-state index < -0.39 is 0 Å². The van der Waals surface area contributed by atoms with Crippen molar-refractivity contribution in [2.45, 2.75) is 0 Å². The summed E-state index contributed by atoms with van der Waals surface area (Å²) in [6, 6.07) is 10.6. The molecule has 7 heteroatoms. The van der Waals surface area contributed by atoms with Gasteiger partial charge in [-0.2, -0.15) is 5.10 Å². The van der Waals surface area contributed by atoms with E-state index in [2.05, 4.69) is 20.5 Å². The zero-order valence-electron chi connectivity index (χ0n) is 10.9. The van der Waals surface area contributed by atoms with Crippen molar-refractivity contribution in [3.8, 4) is 0 Å². The number of hydrogen-bond acceptors (Lipinski definition) is 6. The minimum atomic E-state index is -0.295. The molecule has 1 aromatic carbocycles. The van der Waals surface area contributed by atoms with Crippen LogP contribution in [0.15, 0.2) is 47.7 Å². The average molecular weight is 297 g/mol. The van der Waals surface area contributed by atoms with Gasteiger partial charge < -0.3 is 5.73 Å². The van der Waals surface area contributed by atoms with E-state index in [-0.39, 0.29) is 5.91 Å². The number of nitrogens with two attached hydrogens (primary N) is 1. The lowest BCUT2D eigenvalue weighted by Gasteiger charge is -1.99. The van der Waals surface area contributed by atoms with Gasteiger partial charge in [0.1, 0.15) is 0 Å². The standard InChI is InChI=1S/C14H11N5OS/c15-14-18-11-5-4-9(7-12(11)21-14)13(20)19-17-8-10-3-1-2-6-16-10/h1-8H,(H2,15,18)(H,19,20)/b17-8-. The number of pyridine rings is 1. The first kappa shape index (κ1) is 13.2. The van der Waals surface area contributed by atoms with Gasteiger partial charge in [0.25, 0.3) is 5.91 Å². The van der Waals surface area contributed by atoms with Crippen LogP contribution >= 0.6 is 11.3 Å². The third-order valence-electron chi connectivity index (χ3n) is 2.72. The number of fused-ring (bicyclic) bond motifs is 1. The number of nitrogen functional groups attached to an aromatic ring is 1. The molecule has 0 radical (unpaired) electrons. The fraction of sp³-hybridized carbons (Fsp3) is 0. The number of aromatic nitrogens is 2. The first-order valence-electron chi connectivity index (χ1n) is 6.13. The van der Waals surface area contributed by atoms with E-state index in [0.29, 0.717) is 16.4 Å². The highest BCUT2D eigenvalue weighted by atomic mass is 32.1. The maximum Gasteiger partial charge on any atom is 0.271 e. The topological polar surface area (TPSA) is 93.3 Å². The van der Waals surface area contributed by atoms with Crippen LogP contribution in [0.25, 0.3) is 10.2 Å². The Morgan fingerprint density at radius 2 is 2.24 bits per heavy atom. The van der Waals surface area contributed by atoms with Crippen LogP contribution in [0.3, 0.4) is 0 Å². The molecule has 104 valence electrons. The van der Waals surface area contributed by atoms with Crippen LogP contribution < -0.4 is 11.2 Å². The van der Waals surface area contributed by atoms with E-state index in [4.69, 9.17) is 5.73 Å². The molecular weight excluding hydrogens is 286 g/mol. The Hall–Kier alpha value is -2.80. The molecule has 0 bridgehead atoms. The van der Waals surface area contributed by atoms with Gasteiger partial charge in [0.2, 0.25) is 0 Å². The summed E-state index contributed by atoms with van der Waals surface area (Å²) in [5, 5.41) is 4.36. The number of thiazole rings is 1. The molecule has 0 atom stereocenters. The quantitative estimate of drug-likeness (QED) is 0.571. The number of nitrogens with zero attached hydrogens (tertiary/aromatic N) is 3. The van der Waals surface area contributed by atoms with Crippen LogP contribution in [-0.4, -0.2) is 22.1 Å². The number of amides is 1. The van der Waals surface area contributed by atoms with E-state index >= 15 is 0 Å². The molecule has 3 rings (SSSR count). The highest BCUT2D eigenvalue weighted by molar-refractivity contribution is 7.22. The van der Waals surface area contributed by atoms with Gasteiger partial charge >= 0.3 is 0 Å². The van der Waals surface area contributed by atoms with Crippen molar-refractivity contribution in [1.82, 2.24) is 15.4 Å².